The molecule has 1 aliphatic rings. The number of nitrogens with two attached hydrogens (primary N) is 1. The number of anilines is 1. The highest BCUT2D eigenvalue weighted by Gasteiger charge is 2.30. The van der Waals surface area contributed by atoms with Crippen molar-refractivity contribution in [3.63, 3.8) is 0 Å². The molecular weight excluding hydrogens is 350 g/mol. The Bertz CT molecular complexity index is 612. The van der Waals surface area contributed by atoms with Crippen LogP contribution in [0.5, 0.6) is 0 Å². The number of thioether (sulfide) groups is 1. The highest BCUT2D eigenvalue weighted by molar-refractivity contribution is 8.14. The van der Waals surface area contributed by atoms with E-state index in [1.54, 1.807) is 24.3 Å². The molecule has 6 nitrogen and oxygen atoms in total. The summed E-state index contributed by atoms with van der Waals surface area (Å²) in [5.41, 5.74) is 7.05. The molecule has 1 atom stereocenters. The van der Waals surface area contributed by atoms with Gasteiger partial charge in [-0.3, -0.25) is 19.3 Å². The van der Waals surface area contributed by atoms with Crippen molar-refractivity contribution in [2.45, 2.75) is 33.4 Å². The molecule has 0 saturated carbocycles. The molecule has 0 spiro atoms. The van der Waals surface area contributed by atoms with Crippen molar-refractivity contribution in [3.05, 3.63) is 29.8 Å². The number of amides is 3. The van der Waals surface area contributed by atoms with Gasteiger partial charge < -0.3 is 11.1 Å². The zero-order chi connectivity index (χ0) is 17.2. The van der Waals surface area contributed by atoms with Crippen molar-refractivity contribution in [3.8, 4) is 0 Å². The largest absolute Gasteiger partial charge is 0.325 e. The van der Waals surface area contributed by atoms with Crippen molar-refractivity contribution in [2.24, 2.45) is 11.1 Å². The molecule has 1 heterocycles. The van der Waals surface area contributed by atoms with Crippen LogP contribution in [0.4, 0.5) is 10.5 Å². The molecule has 0 aliphatic carbocycles. The van der Waals surface area contributed by atoms with Crippen molar-refractivity contribution < 1.29 is 14.4 Å². The van der Waals surface area contributed by atoms with Gasteiger partial charge in [0, 0.05) is 5.69 Å². The quantitative estimate of drug-likeness (QED) is 0.848. The Morgan fingerprint density at radius 1 is 1.29 bits per heavy atom. The number of carbonyl (C=O) groups excluding carboxylic acids is 3. The van der Waals surface area contributed by atoms with Gasteiger partial charge in [-0.25, -0.2) is 0 Å². The summed E-state index contributed by atoms with van der Waals surface area (Å²) in [6.07, 6.45) is 0. The smallest absolute Gasteiger partial charge is 0.289 e. The molecule has 0 aromatic heterocycles. The van der Waals surface area contributed by atoms with Crippen LogP contribution in [0, 0.1) is 5.41 Å². The van der Waals surface area contributed by atoms with E-state index in [-0.39, 0.29) is 47.2 Å². The van der Waals surface area contributed by atoms with E-state index >= 15 is 0 Å². The number of imide groups is 1. The third-order valence-corrected chi connectivity index (χ3v) is 4.48. The molecule has 0 unspecified atom stereocenters. The van der Waals surface area contributed by atoms with Crippen molar-refractivity contribution in [1.29, 1.82) is 0 Å². The minimum atomic E-state index is -0.612. The Labute approximate surface area is 151 Å². The summed E-state index contributed by atoms with van der Waals surface area (Å²) >= 11 is 1.02. The lowest BCUT2D eigenvalue weighted by Gasteiger charge is -2.25. The van der Waals surface area contributed by atoms with E-state index in [4.69, 9.17) is 5.73 Å². The van der Waals surface area contributed by atoms with E-state index in [1.807, 2.05) is 20.8 Å². The summed E-state index contributed by atoms with van der Waals surface area (Å²) in [7, 11) is 0. The first-order valence-electron chi connectivity index (χ1n) is 7.31. The Hall–Kier alpha value is -1.57. The van der Waals surface area contributed by atoms with Gasteiger partial charge in [-0.15, -0.1) is 12.4 Å². The van der Waals surface area contributed by atoms with Gasteiger partial charge in [-0.1, -0.05) is 44.7 Å². The number of nitrogens with zero attached hydrogens (tertiary/aromatic N) is 1. The second-order valence-corrected chi connectivity index (χ2v) is 7.49. The Kier molecular flexibility index (Phi) is 6.83. The maximum absolute atomic E-state index is 12.1. The fourth-order valence-electron chi connectivity index (χ4n) is 2.02. The number of nitrogens with one attached hydrogen (secondary N) is 1. The fraction of sp³-hybridized carbons (Fsp3) is 0.438. The fourth-order valence-corrected chi connectivity index (χ4v) is 2.75. The van der Waals surface area contributed by atoms with E-state index < -0.39 is 6.04 Å². The lowest BCUT2D eigenvalue weighted by molar-refractivity contribution is -0.125. The summed E-state index contributed by atoms with van der Waals surface area (Å²) in [5, 5.41) is 2.55. The van der Waals surface area contributed by atoms with Gasteiger partial charge in [0.15, 0.2) is 0 Å². The standard InChI is InChI=1S/C16H21N3O3S.ClH/c1-16(2,3)13(17)14(21)18-11-6-4-10(5-7-11)8-19-12(20)9-23-15(19)22;/h4-7,13H,8-9,17H2,1-3H3,(H,18,21);1H/t13-;/m1./s1. The van der Waals surface area contributed by atoms with Crippen LogP contribution in [-0.4, -0.2) is 33.7 Å². The molecule has 1 fully saturated rings. The Morgan fingerprint density at radius 2 is 1.88 bits per heavy atom. The van der Waals surface area contributed by atoms with Crippen LogP contribution in [0.1, 0.15) is 26.3 Å². The summed E-state index contributed by atoms with van der Waals surface area (Å²) in [5.74, 6) is -0.211. The van der Waals surface area contributed by atoms with Gasteiger partial charge in [0.2, 0.25) is 11.8 Å². The van der Waals surface area contributed by atoms with Crippen molar-refractivity contribution >= 4 is 46.9 Å². The maximum Gasteiger partial charge on any atom is 0.289 e. The number of hydrogen-bond donors (Lipinski definition) is 2. The third kappa shape index (κ3) is 4.96. The summed E-state index contributed by atoms with van der Waals surface area (Å²) in [6, 6.07) is 6.42. The number of benzene rings is 1. The normalized spacial score (nSPS) is 15.9. The third-order valence-electron chi connectivity index (χ3n) is 3.62. The predicted octanol–water partition coefficient (Wildman–Crippen LogP) is 2.62. The molecule has 1 aromatic carbocycles. The SMILES string of the molecule is CC(C)(C)[C@H](N)C(=O)Nc1ccc(CN2C(=O)CSC2=O)cc1.Cl. The summed E-state index contributed by atoms with van der Waals surface area (Å²) < 4.78 is 0. The molecule has 2 rings (SSSR count). The van der Waals surface area contributed by atoms with E-state index in [0.29, 0.717) is 5.69 Å². The monoisotopic (exact) mass is 371 g/mol. The number of hydrogen-bond acceptors (Lipinski definition) is 5. The highest BCUT2D eigenvalue weighted by atomic mass is 35.5. The maximum atomic E-state index is 12.1. The Balaban J connectivity index is 0.00000288. The van der Waals surface area contributed by atoms with Crippen molar-refractivity contribution in [1.82, 2.24) is 4.90 Å². The van der Waals surface area contributed by atoms with Gasteiger partial charge >= 0.3 is 0 Å². The average molecular weight is 372 g/mol. The first kappa shape index (κ1) is 20.5. The average Bonchev–Trinajstić information content (AvgIpc) is 2.79. The molecular formula is C16H22ClN3O3S. The van der Waals surface area contributed by atoms with E-state index in [2.05, 4.69) is 5.32 Å². The van der Waals surface area contributed by atoms with Gasteiger partial charge in [0.1, 0.15) is 0 Å². The predicted molar refractivity (Wildman–Crippen MR) is 98.2 cm³/mol. The molecule has 3 amide bonds. The lowest BCUT2D eigenvalue weighted by Crippen LogP contribution is -2.45. The molecule has 1 aromatic rings. The van der Waals surface area contributed by atoms with Crippen LogP contribution in [0.25, 0.3) is 0 Å². The molecule has 132 valence electrons. The molecule has 0 bridgehead atoms. The van der Waals surface area contributed by atoms with Gasteiger partial charge in [-0.05, 0) is 23.1 Å². The Morgan fingerprint density at radius 3 is 2.33 bits per heavy atom. The number of rotatable bonds is 4. The zero-order valence-electron chi connectivity index (χ0n) is 13.9. The van der Waals surface area contributed by atoms with Gasteiger partial charge in [0.05, 0.1) is 18.3 Å². The van der Waals surface area contributed by atoms with Crippen LogP contribution in [-0.2, 0) is 16.1 Å². The second kappa shape index (κ2) is 8.00. The van der Waals surface area contributed by atoms with E-state index in [1.165, 1.54) is 4.90 Å². The summed E-state index contributed by atoms with van der Waals surface area (Å²) in [4.78, 5) is 36.5. The van der Waals surface area contributed by atoms with Crippen LogP contribution in [0.15, 0.2) is 24.3 Å². The zero-order valence-corrected chi connectivity index (χ0v) is 15.5. The highest BCUT2D eigenvalue weighted by Crippen LogP contribution is 2.22. The first-order chi connectivity index (χ1) is 10.7. The molecule has 1 aliphatic heterocycles. The van der Waals surface area contributed by atoms with Gasteiger partial charge in [0.25, 0.3) is 5.24 Å². The minimum absolute atomic E-state index is 0. The number of halogens is 1. The molecule has 1 saturated heterocycles. The van der Waals surface area contributed by atoms with Crippen molar-refractivity contribution in [2.75, 3.05) is 11.1 Å². The molecule has 8 heteroatoms. The minimum Gasteiger partial charge on any atom is -0.325 e. The van der Waals surface area contributed by atoms with E-state index in [0.717, 1.165) is 17.3 Å². The molecule has 3 N–H and O–H groups in total. The first-order valence-corrected chi connectivity index (χ1v) is 8.29. The second-order valence-electron chi connectivity index (χ2n) is 6.56. The molecule has 0 radical (unpaired) electrons. The van der Waals surface area contributed by atoms with Crippen LogP contribution in [0.3, 0.4) is 0 Å². The van der Waals surface area contributed by atoms with E-state index in [9.17, 15) is 14.4 Å². The lowest BCUT2D eigenvalue weighted by atomic mass is 9.87. The number of carbonyl (C=O) groups is 3. The summed E-state index contributed by atoms with van der Waals surface area (Å²) in [6.45, 7) is 5.97. The topological polar surface area (TPSA) is 92.5 Å². The molecule has 24 heavy (non-hydrogen) atoms. The van der Waals surface area contributed by atoms with Crippen LogP contribution < -0.4 is 11.1 Å². The van der Waals surface area contributed by atoms with Crippen LogP contribution in [0.2, 0.25) is 0 Å². The van der Waals surface area contributed by atoms with Crippen LogP contribution >= 0.6 is 24.2 Å². The van der Waals surface area contributed by atoms with Gasteiger partial charge in [-0.2, -0.15) is 0 Å².